The van der Waals surface area contributed by atoms with E-state index in [2.05, 4.69) is 29.5 Å². The summed E-state index contributed by atoms with van der Waals surface area (Å²) >= 11 is 0. The van der Waals surface area contributed by atoms with E-state index in [1.54, 1.807) is 14.2 Å². The molecule has 2 aliphatic rings. The van der Waals surface area contributed by atoms with E-state index in [9.17, 15) is 0 Å². The fourth-order valence-corrected chi connectivity index (χ4v) is 4.09. The van der Waals surface area contributed by atoms with Crippen molar-refractivity contribution >= 4 is 35.6 Å². The van der Waals surface area contributed by atoms with E-state index in [1.165, 1.54) is 0 Å². The maximum absolute atomic E-state index is 5.88. The summed E-state index contributed by atoms with van der Waals surface area (Å²) in [5, 5.41) is 7.00. The highest BCUT2D eigenvalue weighted by Crippen LogP contribution is 2.52. The lowest BCUT2D eigenvalue weighted by Crippen LogP contribution is -2.67. The molecule has 3 unspecified atom stereocenters. The number of hydrogen-bond acceptors (Lipinski definition) is 4. The minimum Gasteiger partial charge on any atom is -0.493 e. The Bertz CT molecular complexity index is 651. The largest absolute Gasteiger partial charge is 0.493 e. The maximum atomic E-state index is 5.88. The summed E-state index contributed by atoms with van der Waals surface area (Å²) in [5.74, 6) is 2.75. The standard InChI is InChI=1S/C19H29N3O3.HI/c1-6-20-18(21-12-7-8-14(23-4)15(11-12)24-5)22-16-13-9-10-25-17(13)19(16,2)3;/h7-8,11,13,16-17H,6,9-10H2,1-5H3,(H2,20,21,22);1H. The fourth-order valence-electron chi connectivity index (χ4n) is 4.09. The Kier molecular flexibility index (Phi) is 7.01. The molecule has 1 saturated carbocycles. The summed E-state index contributed by atoms with van der Waals surface area (Å²) in [7, 11) is 3.27. The molecule has 146 valence electrons. The highest BCUT2D eigenvalue weighted by Gasteiger charge is 2.59. The Morgan fingerprint density at radius 1 is 1.27 bits per heavy atom. The van der Waals surface area contributed by atoms with E-state index in [4.69, 9.17) is 14.2 Å². The van der Waals surface area contributed by atoms with E-state index >= 15 is 0 Å². The van der Waals surface area contributed by atoms with Gasteiger partial charge in [-0.2, -0.15) is 0 Å². The summed E-state index contributed by atoms with van der Waals surface area (Å²) in [4.78, 5) is 4.60. The van der Waals surface area contributed by atoms with Gasteiger partial charge in [-0.15, -0.1) is 24.0 Å². The number of nitrogens with one attached hydrogen (secondary N) is 2. The fraction of sp³-hybridized carbons (Fsp3) is 0.632. The van der Waals surface area contributed by atoms with Crippen molar-refractivity contribution in [3.63, 3.8) is 0 Å². The molecule has 1 aromatic rings. The number of halogens is 1. The Hall–Kier alpha value is -1.22. The van der Waals surface area contributed by atoms with Crippen molar-refractivity contribution in [3.8, 4) is 11.5 Å². The zero-order valence-electron chi connectivity index (χ0n) is 16.2. The van der Waals surface area contributed by atoms with Crippen LogP contribution in [-0.2, 0) is 4.74 Å². The number of ether oxygens (including phenoxy) is 3. The Labute approximate surface area is 173 Å². The molecule has 0 bridgehead atoms. The van der Waals surface area contributed by atoms with Crippen molar-refractivity contribution in [3.05, 3.63) is 18.2 Å². The average Bonchev–Trinajstić information content (AvgIpc) is 3.06. The topological polar surface area (TPSA) is 64.1 Å². The second-order valence-corrected chi connectivity index (χ2v) is 7.21. The molecule has 6 nitrogen and oxygen atoms in total. The van der Waals surface area contributed by atoms with Gasteiger partial charge in [0.1, 0.15) is 0 Å². The zero-order chi connectivity index (χ0) is 18.0. The third kappa shape index (κ3) is 3.88. The van der Waals surface area contributed by atoms with Gasteiger partial charge in [-0.05, 0) is 25.5 Å². The first-order valence-corrected chi connectivity index (χ1v) is 8.93. The lowest BCUT2D eigenvalue weighted by atomic mass is 9.57. The molecule has 1 aliphatic carbocycles. The molecule has 26 heavy (non-hydrogen) atoms. The van der Waals surface area contributed by atoms with Crippen molar-refractivity contribution in [1.29, 1.82) is 0 Å². The van der Waals surface area contributed by atoms with Gasteiger partial charge in [-0.1, -0.05) is 13.8 Å². The molecule has 3 atom stereocenters. The van der Waals surface area contributed by atoms with Gasteiger partial charge in [-0.3, -0.25) is 4.99 Å². The van der Waals surface area contributed by atoms with Gasteiger partial charge in [0.05, 0.1) is 20.3 Å². The summed E-state index contributed by atoms with van der Waals surface area (Å²) in [6.45, 7) is 8.13. The number of aliphatic imine (C=N–C) groups is 1. The highest BCUT2D eigenvalue weighted by molar-refractivity contribution is 14.0. The van der Waals surface area contributed by atoms with E-state index in [0.717, 1.165) is 24.7 Å². The molecule has 1 heterocycles. The molecule has 1 aromatic carbocycles. The van der Waals surface area contributed by atoms with Gasteiger partial charge in [-0.25, -0.2) is 0 Å². The van der Waals surface area contributed by atoms with Gasteiger partial charge in [0.15, 0.2) is 17.5 Å². The lowest BCUT2D eigenvalue weighted by molar-refractivity contribution is -0.106. The van der Waals surface area contributed by atoms with Crippen LogP contribution in [0.4, 0.5) is 5.69 Å². The second kappa shape index (κ2) is 8.65. The predicted octanol–water partition coefficient (Wildman–Crippen LogP) is 3.51. The number of methoxy groups -OCH3 is 2. The third-order valence-corrected chi connectivity index (χ3v) is 5.36. The number of rotatable bonds is 5. The van der Waals surface area contributed by atoms with Crippen LogP contribution in [-0.4, -0.2) is 45.5 Å². The first kappa shape index (κ1) is 21.1. The summed E-state index contributed by atoms with van der Waals surface area (Å²) < 4.78 is 16.6. The molecule has 0 aromatic heterocycles. The molecule has 0 amide bonds. The monoisotopic (exact) mass is 475 g/mol. The van der Waals surface area contributed by atoms with Crippen LogP contribution in [0.25, 0.3) is 0 Å². The Morgan fingerprint density at radius 2 is 2.00 bits per heavy atom. The van der Waals surface area contributed by atoms with E-state index < -0.39 is 0 Å². The summed E-state index contributed by atoms with van der Waals surface area (Å²) in [6.07, 6.45) is 1.47. The number of anilines is 1. The van der Waals surface area contributed by atoms with E-state index in [0.29, 0.717) is 36.1 Å². The van der Waals surface area contributed by atoms with Crippen molar-refractivity contribution < 1.29 is 14.2 Å². The van der Waals surface area contributed by atoms with Crippen molar-refractivity contribution in [1.82, 2.24) is 5.32 Å². The van der Waals surface area contributed by atoms with Crippen LogP contribution >= 0.6 is 24.0 Å². The van der Waals surface area contributed by atoms with E-state index in [1.807, 2.05) is 25.1 Å². The van der Waals surface area contributed by atoms with E-state index in [-0.39, 0.29) is 29.4 Å². The average molecular weight is 475 g/mol. The first-order valence-electron chi connectivity index (χ1n) is 8.93. The van der Waals surface area contributed by atoms with Crippen LogP contribution in [0.15, 0.2) is 23.2 Å². The molecule has 0 radical (unpaired) electrons. The Balaban J connectivity index is 0.00000243. The lowest BCUT2D eigenvalue weighted by Gasteiger charge is -2.54. The molecule has 1 saturated heterocycles. The third-order valence-electron chi connectivity index (χ3n) is 5.36. The summed E-state index contributed by atoms with van der Waals surface area (Å²) in [6, 6.07) is 6.12. The summed E-state index contributed by atoms with van der Waals surface area (Å²) in [5.41, 5.74) is 1.02. The zero-order valence-corrected chi connectivity index (χ0v) is 18.5. The van der Waals surface area contributed by atoms with Crippen LogP contribution in [0.2, 0.25) is 0 Å². The molecular weight excluding hydrogens is 445 g/mol. The van der Waals surface area contributed by atoms with Crippen molar-refractivity contribution in [2.45, 2.75) is 39.3 Å². The molecule has 2 N–H and O–H groups in total. The van der Waals surface area contributed by atoms with Crippen LogP contribution in [0, 0.1) is 11.3 Å². The second-order valence-electron chi connectivity index (χ2n) is 7.21. The quantitative estimate of drug-likeness (QED) is 0.388. The highest BCUT2D eigenvalue weighted by atomic mass is 127. The number of hydrogen-bond donors (Lipinski definition) is 2. The van der Waals surface area contributed by atoms with Gasteiger partial charge in [0, 0.05) is 42.3 Å². The van der Waals surface area contributed by atoms with Crippen LogP contribution < -0.4 is 20.1 Å². The van der Waals surface area contributed by atoms with Crippen molar-refractivity contribution in [2.24, 2.45) is 16.3 Å². The number of benzene rings is 1. The molecule has 2 fully saturated rings. The number of guanidine groups is 1. The Morgan fingerprint density at radius 3 is 2.65 bits per heavy atom. The van der Waals surface area contributed by atoms with Gasteiger partial charge >= 0.3 is 0 Å². The minimum atomic E-state index is 0. The molecule has 3 rings (SSSR count). The van der Waals surface area contributed by atoms with Gasteiger partial charge in [0.25, 0.3) is 0 Å². The molecule has 7 heteroatoms. The predicted molar refractivity (Wildman–Crippen MR) is 115 cm³/mol. The number of nitrogens with zero attached hydrogens (tertiary/aromatic N) is 1. The van der Waals surface area contributed by atoms with Crippen LogP contribution in [0.5, 0.6) is 11.5 Å². The minimum absolute atomic E-state index is 0. The SMILES string of the molecule is CCN=C(Nc1ccc(OC)c(OC)c1)NC1C2CCOC2C1(C)C.I. The maximum Gasteiger partial charge on any atom is 0.196 e. The van der Waals surface area contributed by atoms with Crippen LogP contribution in [0.3, 0.4) is 0 Å². The van der Waals surface area contributed by atoms with Gasteiger partial charge in [0.2, 0.25) is 0 Å². The molecular formula is C19H30IN3O3. The first-order chi connectivity index (χ1) is 12.0. The molecule has 0 spiro atoms. The van der Waals surface area contributed by atoms with Gasteiger partial charge < -0.3 is 24.8 Å². The molecule has 1 aliphatic heterocycles. The van der Waals surface area contributed by atoms with Crippen LogP contribution in [0.1, 0.15) is 27.2 Å². The normalized spacial score (nSPS) is 26.2. The number of fused-ring (bicyclic) bond motifs is 1. The van der Waals surface area contributed by atoms with Crippen molar-refractivity contribution in [2.75, 3.05) is 32.7 Å². The smallest absolute Gasteiger partial charge is 0.196 e.